The van der Waals surface area contributed by atoms with Crippen molar-refractivity contribution in [2.75, 3.05) is 13.2 Å². The molecule has 0 radical (unpaired) electrons. The molecule has 1 N–H and O–H groups in total. The Morgan fingerprint density at radius 2 is 2.07 bits per heavy atom. The number of ether oxygens (including phenoxy) is 1. The van der Waals surface area contributed by atoms with Gasteiger partial charge < -0.3 is 10.1 Å². The van der Waals surface area contributed by atoms with Crippen molar-refractivity contribution in [2.45, 2.75) is 25.4 Å². The van der Waals surface area contributed by atoms with E-state index in [0.717, 1.165) is 25.2 Å². The average Bonchev–Trinajstić information content (AvgIpc) is 2.22. The molecule has 1 aliphatic rings. The first-order valence-electron chi connectivity index (χ1n) is 5.32. The van der Waals surface area contributed by atoms with Crippen LogP contribution in [-0.4, -0.2) is 25.3 Å². The fourth-order valence-corrected chi connectivity index (χ4v) is 1.91. The molecule has 0 spiro atoms. The van der Waals surface area contributed by atoms with Gasteiger partial charge in [-0.15, -0.1) is 0 Å². The van der Waals surface area contributed by atoms with Crippen molar-refractivity contribution in [3.05, 3.63) is 35.6 Å². The number of rotatable bonds is 2. The van der Waals surface area contributed by atoms with Crippen LogP contribution in [0.2, 0.25) is 0 Å². The molecule has 2 atom stereocenters. The van der Waals surface area contributed by atoms with E-state index < -0.39 is 0 Å². The topological polar surface area (TPSA) is 21.3 Å². The zero-order chi connectivity index (χ0) is 10.7. The summed E-state index contributed by atoms with van der Waals surface area (Å²) in [5, 5.41) is 3.46. The average molecular weight is 209 g/mol. The van der Waals surface area contributed by atoms with Gasteiger partial charge in [0, 0.05) is 12.1 Å². The Bertz CT molecular complexity index is 312. The van der Waals surface area contributed by atoms with E-state index in [0.29, 0.717) is 12.1 Å². The summed E-state index contributed by atoms with van der Waals surface area (Å²) in [6.45, 7) is 3.62. The largest absolute Gasteiger partial charge is 0.378 e. The molecular formula is C12H16FNO. The van der Waals surface area contributed by atoms with Crippen LogP contribution in [0, 0.1) is 5.82 Å². The molecule has 0 amide bonds. The summed E-state index contributed by atoms with van der Waals surface area (Å²) in [6.07, 6.45) is 0.893. The molecule has 2 nitrogen and oxygen atoms in total. The molecule has 15 heavy (non-hydrogen) atoms. The maximum Gasteiger partial charge on any atom is 0.123 e. The summed E-state index contributed by atoms with van der Waals surface area (Å²) in [5.41, 5.74) is 1.15. The van der Waals surface area contributed by atoms with E-state index in [4.69, 9.17) is 4.74 Å². The van der Waals surface area contributed by atoms with E-state index in [1.165, 1.54) is 12.1 Å². The summed E-state index contributed by atoms with van der Waals surface area (Å²) in [4.78, 5) is 0. The Kier molecular flexibility index (Phi) is 3.34. The minimum Gasteiger partial charge on any atom is -0.378 e. The quantitative estimate of drug-likeness (QED) is 0.801. The van der Waals surface area contributed by atoms with Crippen LogP contribution in [0.15, 0.2) is 24.3 Å². The molecule has 1 aromatic carbocycles. The second kappa shape index (κ2) is 4.73. The standard InChI is InChI=1S/C12H16FNO/c1-9-7-15-8-12(14-9)6-10-2-4-11(13)5-3-10/h2-5,9,12,14H,6-8H2,1H3. The van der Waals surface area contributed by atoms with Gasteiger partial charge in [0.1, 0.15) is 5.82 Å². The fraction of sp³-hybridized carbons (Fsp3) is 0.500. The molecule has 1 saturated heterocycles. The van der Waals surface area contributed by atoms with E-state index in [1.807, 2.05) is 12.1 Å². The summed E-state index contributed by atoms with van der Waals surface area (Å²) in [7, 11) is 0. The lowest BCUT2D eigenvalue weighted by Crippen LogP contribution is -2.48. The predicted molar refractivity (Wildman–Crippen MR) is 57.3 cm³/mol. The Labute approximate surface area is 89.4 Å². The third-order valence-corrected chi connectivity index (χ3v) is 2.60. The minimum absolute atomic E-state index is 0.181. The van der Waals surface area contributed by atoms with Gasteiger partial charge in [-0.05, 0) is 31.0 Å². The molecule has 0 aromatic heterocycles. The number of hydrogen-bond donors (Lipinski definition) is 1. The molecule has 1 aromatic rings. The molecule has 1 heterocycles. The van der Waals surface area contributed by atoms with Crippen molar-refractivity contribution < 1.29 is 9.13 Å². The van der Waals surface area contributed by atoms with Gasteiger partial charge in [0.05, 0.1) is 13.2 Å². The van der Waals surface area contributed by atoms with Gasteiger partial charge in [-0.25, -0.2) is 4.39 Å². The third-order valence-electron chi connectivity index (χ3n) is 2.60. The highest BCUT2D eigenvalue weighted by atomic mass is 19.1. The highest BCUT2D eigenvalue weighted by Gasteiger charge is 2.18. The van der Waals surface area contributed by atoms with Crippen LogP contribution in [0.3, 0.4) is 0 Å². The highest BCUT2D eigenvalue weighted by molar-refractivity contribution is 5.17. The SMILES string of the molecule is CC1COCC(Cc2ccc(F)cc2)N1. The monoisotopic (exact) mass is 209 g/mol. The molecule has 0 saturated carbocycles. The van der Waals surface area contributed by atoms with E-state index in [2.05, 4.69) is 12.2 Å². The van der Waals surface area contributed by atoms with Crippen LogP contribution in [0.25, 0.3) is 0 Å². The lowest BCUT2D eigenvalue weighted by Gasteiger charge is -2.29. The minimum atomic E-state index is -0.181. The first kappa shape index (κ1) is 10.6. The Morgan fingerprint density at radius 1 is 1.33 bits per heavy atom. The van der Waals surface area contributed by atoms with Gasteiger partial charge in [-0.3, -0.25) is 0 Å². The third kappa shape index (κ3) is 3.01. The molecular weight excluding hydrogens is 193 g/mol. The number of benzene rings is 1. The van der Waals surface area contributed by atoms with Crippen molar-refractivity contribution in [3.8, 4) is 0 Å². The molecule has 3 heteroatoms. The van der Waals surface area contributed by atoms with E-state index in [9.17, 15) is 4.39 Å². The Morgan fingerprint density at radius 3 is 2.73 bits per heavy atom. The van der Waals surface area contributed by atoms with Gasteiger partial charge in [0.25, 0.3) is 0 Å². The summed E-state index contributed by atoms with van der Waals surface area (Å²) < 4.78 is 18.1. The molecule has 2 rings (SSSR count). The zero-order valence-corrected chi connectivity index (χ0v) is 8.87. The molecule has 0 aliphatic carbocycles. The first-order valence-corrected chi connectivity index (χ1v) is 5.32. The second-order valence-electron chi connectivity index (χ2n) is 4.13. The maximum atomic E-state index is 12.7. The van der Waals surface area contributed by atoms with Crippen LogP contribution in [0.5, 0.6) is 0 Å². The van der Waals surface area contributed by atoms with Crippen LogP contribution in [0.1, 0.15) is 12.5 Å². The molecule has 82 valence electrons. The Balaban J connectivity index is 1.93. The van der Waals surface area contributed by atoms with Gasteiger partial charge in [0.2, 0.25) is 0 Å². The van der Waals surface area contributed by atoms with E-state index in [-0.39, 0.29) is 5.82 Å². The zero-order valence-electron chi connectivity index (χ0n) is 8.87. The molecule has 0 bridgehead atoms. The molecule has 1 aliphatic heterocycles. The summed E-state index contributed by atoms with van der Waals surface area (Å²) in [6, 6.07) is 7.42. The van der Waals surface area contributed by atoms with E-state index in [1.54, 1.807) is 0 Å². The predicted octanol–water partition coefficient (Wildman–Crippen LogP) is 1.75. The lowest BCUT2D eigenvalue weighted by molar-refractivity contribution is 0.0508. The van der Waals surface area contributed by atoms with Crippen molar-refractivity contribution in [3.63, 3.8) is 0 Å². The normalized spacial score (nSPS) is 26.5. The van der Waals surface area contributed by atoms with Gasteiger partial charge in [-0.2, -0.15) is 0 Å². The van der Waals surface area contributed by atoms with Crippen molar-refractivity contribution >= 4 is 0 Å². The molecule has 2 unspecified atom stereocenters. The number of morpholine rings is 1. The Hall–Kier alpha value is -0.930. The van der Waals surface area contributed by atoms with Crippen molar-refractivity contribution in [1.29, 1.82) is 0 Å². The van der Waals surface area contributed by atoms with Crippen LogP contribution < -0.4 is 5.32 Å². The highest BCUT2D eigenvalue weighted by Crippen LogP contribution is 2.09. The van der Waals surface area contributed by atoms with Crippen molar-refractivity contribution in [1.82, 2.24) is 5.32 Å². The number of hydrogen-bond acceptors (Lipinski definition) is 2. The van der Waals surface area contributed by atoms with E-state index >= 15 is 0 Å². The van der Waals surface area contributed by atoms with Gasteiger partial charge in [0.15, 0.2) is 0 Å². The van der Waals surface area contributed by atoms with Crippen LogP contribution in [-0.2, 0) is 11.2 Å². The maximum absolute atomic E-state index is 12.7. The second-order valence-corrected chi connectivity index (χ2v) is 4.13. The lowest BCUT2D eigenvalue weighted by atomic mass is 10.0. The summed E-state index contributed by atoms with van der Waals surface area (Å²) in [5.74, 6) is -0.181. The van der Waals surface area contributed by atoms with Gasteiger partial charge >= 0.3 is 0 Å². The van der Waals surface area contributed by atoms with Gasteiger partial charge in [-0.1, -0.05) is 12.1 Å². The van der Waals surface area contributed by atoms with Crippen LogP contribution in [0.4, 0.5) is 4.39 Å². The fourth-order valence-electron chi connectivity index (χ4n) is 1.91. The number of nitrogens with one attached hydrogen (secondary N) is 1. The summed E-state index contributed by atoms with van der Waals surface area (Å²) >= 11 is 0. The first-order chi connectivity index (χ1) is 7.24. The van der Waals surface area contributed by atoms with Crippen molar-refractivity contribution in [2.24, 2.45) is 0 Å². The molecule has 1 fully saturated rings. The number of halogens is 1. The van der Waals surface area contributed by atoms with Crippen LogP contribution >= 0.6 is 0 Å². The smallest absolute Gasteiger partial charge is 0.123 e.